The molecule has 1 fully saturated rings. The number of fused-ring (bicyclic) bond motifs is 3. The van der Waals surface area contributed by atoms with Gasteiger partial charge in [0.05, 0.1) is 13.2 Å². The molecule has 2 aliphatic heterocycles. The number of hydrogen-bond donors (Lipinski definition) is 0. The third kappa shape index (κ3) is 3.75. The molecule has 0 bridgehead atoms. The zero-order chi connectivity index (χ0) is 22.2. The van der Waals surface area contributed by atoms with Gasteiger partial charge in [0.25, 0.3) is 5.56 Å². The lowest BCUT2D eigenvalue weighted by atomic mass is 10.1. The maximum Gasteiger partial charge on any atom is 0.332 e. The highest BCUT2D eigenvalue weighted by atomic mass is 16.5. The molecule has 1 saturated heterocycles. The van der Waals surface area contributed by atoms with Crippen LogP contribution in [0.25, 0.3) is 11.2 Å². The van der Waals surface area contributed by atoms with Crippen LogP contribution in [0, 0.1) is 5.92 Å². The Morgan fingerprint density at radius 3 is 2.56 bits per heavy atom. The number of rotatable bonds is 5. The number of aromatic nitrogens is 4. The molecule has 0 radical (unpaired) electrons. The van der Waals surface area contributed by atoms with Gasteiger partial charge in [0.15, 0.2) is 11.2 Å². The van der Waals surface area contributed by atoms with E-state index in [1.54, 1.807) is 7.05 Å². The fourth-order valence-electron chi connectivity index (χ4n) is 4.80. The first-order chi connectivity index (χ1) is 15.5. The van der Waals surface area contributed by atoms with E-state index in [-0.39, 0.29) is 11.2 Å². The summed E-state index contributed by atoms with van der Waals surface area (Å²) in [5.74, 6) is 1.13. The molecule has 0 N–H and O–H groups in total. The molecule has 4 heterocycles. The van der Waals surface area contributed by atoms with Gasteiger partial charge in [0, 0.05) is 52.9 Å². The molecule has 3 aromatic rings. The number of nitrogens with zero attached hydrogens (tertiary/aromatic N) is 6. The summed E-state index contributed by atoms with van der Waals surface area (Å²) in [7, 11) is 1.71. The van der Waals surface area contributed by atoms with Crippen molar-refractivity contribution in [2.75, 3.05) is 44.3 Å². The molecular weight excluding hydrogens is 408 g/mol. The number of aryl methyl sites for hydroxylation is 1. The number of hydrogen-bond acceptors (Lipinski definition) is 6. The summed E-state index contributed by atoms with van der Waals surface area (Å²) in [6, 6.07) is 10.3. The summed E-state index contributed by atoms with van der Waals surface area (Å²) in [5, 5.41) is 0. The summed E-state index contributed by atoms with van der Waals surface area (Å²) >= 11 is 0. The molecule has 0 spiro atoms. The van der Waals surface area contributed by atoms with Gasteiger partial charge in [-0.2, -0.15) is 4.98 Å². The summed E-state index contributed by atoms with van der Waals surface area (Å²) in [6.45, 7) is 8.53. The van der Waals surface area contributed by atoms with Crippen LogP contribution in [0.1, 0.15) is 12.5 Å². The first-order valence-corrected chi connectivity index (χ1v) is 11.3. The Labute approximate surface area is 186 Å². The second-order valence-electron chi connectivity index (χ2n) is 8.92. The zero-order valence-corrected chi connectivity index (χ0v) is 18.7. The van der Waals surface area contributed by atoms with Crippen LogP contribution in [0.5, 0.6) is 0 Å². The van der Waals surface area contributed by atoms with Gasteiger partial charge in [-0.3, -0.25) is 18.8 Å². The van der Waals surface area contributed by atoms with Crippen molar-refractivity contribution < 1.29 is 4.74 Å². The molecule has 170 valence electrons. The van der Waals surface area contributed by atoms with Crippen LogP contribution in [0.2, 0.25) is 0 Å². The van der Waals surface area contributed by atoms with E-state index in [1.165, 1.54) is 14.7 Å². The van der Waals surface area contributed by atoms with Crippen molar-refractivity contribution in [1.82, 2.24) is 23.6 Å². The van der Waals surface area contributed by atoms with Crippen LogP contribution in [-0.4, -0.2) is 63.0 Å². The molecule has 0 saturated carbocycles. The van der Waals surface area contributed by atoms with Crippen LogP contribution < -0.4 is 16.1 Å². The average Bonchev–Trinajstić information content (AvgIpc) is 3.19. The van der Waals surface area contributed by atoms with Gasteiger partial charge in [-0.05, 0) is 11.5 Å². The molecule has 9 nitrogen and oxygen atoms in total. The molecule has 0 amide bonds. The van der Waals surface area contributed by atoms with Crippen molar-refractivity contribution in [3.05, 3.63) is 56.7 Å². The first-order valence-electron chi connectivity index (χ1n) is 11.3. The van der Waals surface area contributed by atoms with Crippen LogP contribution in [0.15, 0.2) is 39.9 Å². The lowest BCUT2D eigenvalue weighted by Crippen LogP contribution is -2.44. The van der Waals surface area contributed by atoms with Crippen LogP contribution in [-0.2, 0) is 31.4 Å². The molecule has 0 aliphatic carbocycles. The largest absolute Gasteiger partial charge is 0.379 e. The third-order valence-corrected chi connectivity index (χ3v) is 6.48. The van der Waals surface area contributed by atoms with Gasteiger partial charge >= 0.3 is 5.69 Å². The molecule has 9 heteroatoms. The highest BCUT2D eigenvalue weighted by Crippen LogP contribution is 2.28. The van der Waals surface area contributed by atoms with E-state index in [0.29, 0.717) is 56.5 Å². The topological polar surface area (TPSA) is 77.5 Å². The van der Waals surface area contributed by atoms with Crippen LogP contribution in [0.3, 0.4) is 0 Å². The van der Waals surface area contributed by atoms with Gasteiger partial charge in [0.2, 0.25) is 5.95 Å². The second-order valence-corrected chi connectivity index (χ2v) is 8.92. The highest BCUT2D eigenvalue weighted by molar-refractivity contribution is 5.75. The van der Waals surface area contributed by atoms with Gasteiger partial charge in [-0.25, -0.2) is 4.79 Å². The van der Waals surface area contributed by atoms with Crippen molar-refractivity contribution in [3.63, 3.8) is 0 Å². The number of benzene rings is 1. The quantitative estimate of drug-likeness (QED) is 0.589. The van der Waals surface area contributed by atoms with E-state index in [2.05, 4.69) is 28.9 Å². The molecule has 5 rings (SSSR count). The molecule has 1 aromatic carbocycles. The standard InChI is InChI=1S/C23H30N6O3/c1-17-14-27(16-18-6-4-3-5-7-18)22-24-20-19(29(22)15-17)21(30)28(23(31)25(20)2)9-8-26-10-12-32-13-11-26/h3-7,17H,8-16H2,1-2H3/t17-/m0/s1. The Bertz CT molecular complexity index is 1220. The zero-order valence-electron chi connectivity index (χ0n) is 18.7. The molecule has 2 aromatic heterocycles. The fraction of sp³-hybridized carbons (Fsp3) is 0.522. The predicted molar refractivity (Wildman–Crippen MR) is 123 cm³/mol. The van der Waals surface area contributed by atoms with Gasteiger partial charge in [0.1, 0.15) is 0 Å². The maximum absolute atomic E-state index is 13.5. The first kappa shape index (κ1) is 21.0. The molecule has 1 atom stereocenters. The molecular formula is C23H30N6O3. The van der Waals surface area contributed by atoms with E-state index in [4.69, 9.17) is 9.72 Å². The number of imidazole rings is 1. The highest BCUT2D eigenvalue weighted by Gasteiger charge is 2.29. The van der Waals surface area contributed by atoms with E-state index in [1.807, 2.05) is 22.8 Å². The lowest BCUT2D eigenvalue weighted by Gasteiger charge is -2.33. The van der Waals surface area contributed by atoms with Crippen molar-refractivity contribution in [2.24, 2.45) is 13.0 Å². The van der Waals surface area contributed by atoms with Crippen molar-refractivity contribution in [1.29, 1.82) is 0 Å². The Morgan fingerprint density at radius 2 is 1.81 bits per heavy atom. The number of morpholine rings is 1. The number of ether oxygens (including phenoxy) is 1. The molecule has 32 heavy (non-hydrogen) atoms. The van der Waals surface area contributed by atoms with E-state index in [0.717, 1.165) is 25.6 Å². The summed E-state index contributed by atoms with van der Waals surface area (Å²) in [5.41, 5.74) is 1.62. The SMILES string of the molecule is C[C@H]1CN(Cc2ccccc2)c2nc3c(c(=O)n(CCN4CCOCC4)c(=O)n3C)n2C1. The minimum atomic E-state index is -0.311. The van der Waals surface area contributed by atoms with Gasteiger partial charge in [-0.15, -0.1) is 0 Å². The average molecular weight is 439 g/mol. The third-order valence-electron chi connectivity index (χ3n) is 6.48. The summed E-state index contributed by atoms with van der Waals surface area (Å²) < 4.78 is 10.3. The van der Waals surface area contributed by atoms with Crippen molar-refractivity contribution in [2.45, 2.75) is 26.6 Å². The van der Waals surface area contributed by atoms with E-state index < -0.39 is 0 Å². The minimum Gasteiger partial charge on any atom is -0.379 e. The van der Waals surface area contributed by atoms with Gasteiger partial charge in [-0.1, -0.05) is 37.3 Å². The predicted octanol–water partition coefficient (Wildman–Crippen LogP) is 0.885. The van der Waals surface area contributed by atoms with Crippen LogP contribution in [0.4, 0.5) is 5.95 Å². The smallest absolute Gasteiger partial charge is 0.332 e. The Balaban J connectivity index is 1.55. The van der Waals surface area contributed by atoms with Crippen molar-refractivity contribution >= 4 is 17.1 Å². The Kier molecular flexibility index (Phi) is 5.60. The fourth-order valence-corrected chi connectivity index (χ4v) is 4.80. The van der Waals surface area contributed by atoms with E-state index in [9.17, 15) is 9.59 Å². The second kappa shape index (κ2) is 8.55. The van der Waals surface area contributed by atoms with E-state index >= 15 is 0 Å². The summed E-state index contributed by atoms with van der Waals surface area (Å²) in [4.78, 5) is 35.8. The number of anilines is 1. The normalized spacial score (nSPS) is 19.4. The monoisotopic (exact) mass is 438 g/mol. The lowest BCUT2D eigenvalue weighted by molar-refractivity contribution is 0.0361. The summed E-state index contributed by atoms with van der Waals surface area (Å²) in [6.07, 6.45) is 0. The molecule has 2 aliphatic rings. The van der Waals surface area contributed by atoms with Crippen LogP contribution >= 0.6 is 0 Å². The minimum absolute atomic E-state index is 0.246. The molecule has 0 unspecified atom stereocenters. The van der Waals surface area contributed by atoms with Gasteiger partial charge < -0.3 is 14.2 Å². The maximum atomic E-state index is 13.5. The Morgan fingerprint density at radius 1 is 1.06 bits per heavy atom. The Hall–Kier alpha value is -2.91. The van der Waals surface area contributed by atoms with Crippen molar-refractivity contribution in [3.8, 4) is 0 Å².